The van der Waals surface area contributed by atoms with Crippen LogP contribution >= 0.6 is 0 Å². The summed E-state index contributed by atoms with van der Waals surface area (Å²) in [5, 5.41) is 0. The van der Waals surface area contributed by atoms with Crippen LogP contribution in [0.4, 0.5) is 4.39 Å². The lowest BCUT2D eigenvalue weighted by atomic mass is 9.82. The van der Waals surface area contributed by atoms with Gasteiger partial charge < -0.3 is 0 Å². The van der Waals surface area contributed by atoms with Crippen LogP contribution in [0, 0.1) is 6.92 Å². The summed E-state index contributed by atoms with van der Waals surface area (Å²) in [5.74, 6) is 0. The number of hydrogen-bond donors (Lipinski definition) is 0. The molecule has 0 spiro atoms. The number of rotatable bonds is 2. The van der Waals surface area contributed by atoms with Crippen molar-refractivity contribution in [3.8, 4) is 0 Å². The number of benzene rings is 1. The molecule has 0 heterocycles. The van der Waals surface area contributed by atoms with Gasteiger partial charge in [0.15, 0.2) is 0 Å². The third kappa shape index (κ3) is 2.80. The van der Waals surface area contributed by atoms with E-state index in [1.54, 1.807) is 0 Å². The molecule has 0 aromatic heterocycles. The van der Waals surface area contributed by atoms with Crippen molar-refractivity contribution in [2.24, 2.45) is 0 Å². The van der Waals surface area contributed by atoms with Gasteiger partial charge in [-0.2, -0.15) is 0 Å². The minimum atomic E-state index is -0.925. The lowest BCUT2D eigenvalue weighted by molar-refractivity contribution is 0.107. The SMILES string of the molecule is Cc1cccc(CC2(F)CCCCC2)c1. The molecular weight excluding hydrogens is 187 g/mol. The van der Waals surface area contributed by atoms with Crippen molar-refractivity contribution < 1.29 is 4.39 Å². The van der Waals surface area contributed by atoms with Crippen LogP contribution in [0.25, 0.3) is 0 Å². The molecule has 0 atom stereocenters. The topological polar surface area (TPSA) is 0 Å². The second-order valence-electron chi connectivity index (χ2n) is 4.88. The largest absolute Gasteiger partial charge is 0.244 e. The van der Waals surface area contributed by atoms with Gasteiger partial charge >= 0.3 is 0 Å². The molecule has 0 nitrogen and oxygen atoms in total. The molecule has 82 valence electrons. The third-order valence-corrected chi connectivity index (χ3v) is 3.35. The Morgan fingerprint density at radius 2 is 1.93 bits per heavy atom. The van der Waals surface area contributed by atoms with Gasteiger partial charge in [0.25, 0.3) is 0 Å². The molecule has 0 radical (unpaired) electrons. The third-order valence-electron chi connectivity index (χ3n) is 3.35. The van der Waals surface area contributed by atoms with Crippen molar-refractivity contribution in [3.63, 3.8) is 0 Å². The Morgan fingerprint density at radius 1 is 1.20 bits per heavy atom. The van der Waals surface area contributed by atoms with E-state index in [-0.39, 0.29) is 0 Å². The van der Waals surface area contributed by atoms with E-state index in [4.69, 9.17) is 0 Å². The van der Waals surface area contributed by atoms with Crippen molar-refractivity contribution in [1.82, 2.24) is 0 Å². The van der Waals surface area contributed by atoms with Gasteiger partial charge in [-0.05, 0) is 25.3 Å². The summed E-state index contributed by atoms with van der Waals surface area (Å²) in [7, 11) is 0. The van der Waals surface area contributed by atoms with Crippen LogP contribution in [0.2, 0.25) is 0 Å². The molecule has 0 unspecified atom stereocenters. The molecule has 0 amide bonds. The highest BCUT2D eigenvalue weighted by Crippen LogP contribution is 2.34. The maximum absolute atomic E-state index is 14.4. The van der Waals surface area contributed by atoms with Gasteiger partial charge in [-0.1, -0.05) is 49.1 Å². The van der Waals surface area contributed by atoms with Gasteiger partial charge in [-0.25, -0.2) is 4.39 Å². The zero-order chi connectivity index (χ0) is 10.7. The van der Waals surface area contributed by atoms with Gasteiger partial charge in [0.1, 0.15) is 5.67 Å². The normalized spacial score (nSPS) is 20.1. The summed E-state index contributed by atoms with van der Waals surface area (Å²) in [5.41, 5.74) is 1.46. The van der Waals surface area contributed by atoms with Gasteiger partial charge in [0, 0.05) is 6.42 Å². The maximum Gasteiger partial charge on any atom is 0.115 e. The predicted molar refractivity (Wildman–Crippen MR) is 61.8 cm³/mol. The maximum atomic E-state index is 14.4. The Hall–Kier alpha value is -0.850. The molecule has 0 saturated heterocycles. The molecule has 0 N–H and O–H groups in total. The van der Waals surface area contributed by atoms with E-state index in [9.17, 15) is 4.39 Å². The van der Waals surface area contributed by atoms with E-state index in [1.165, 1.54) is 12.0 Å². The van der Waals surface area contributed by atoms with Crippen LogP contribution in [0.3, 0.4) is 0 Å². The zero-order valence-electron chi connectivity index (χ0n) is 9.43. The van der Waals surface area contributed by atoms with Gasteiger partial charge in [-0.15, -0.1) is 0 Å². The van der Waals surface area contributed by atoms with E-state index >= 15 is 0 Å². The molecule has 1 saturated carbocycles. The predicted octanol–water partition coefficient (Wildman–Crippen LogP) is 4.21. The van der Waals surface area contributed by atoms with E-state index in [0.717, 1.165) is 31.2 Å². The zero-order valence-corrected chi connectivity index (χ0v) is 9.43. The van der Waals surface area contributed by atoms with Crippen LogP contribution in [0.5, 0.6) is 0 Å². The van der Waals surface area contributed by atoms with Crippen molar-refractivity contribution in [3.05, 3.63) is 35.4 Å². The number of alkyl halides is 1. The molecule has 0 bridgehead atoms. The molecule has 15 heavy (non-hydrogen) atoms. The fourth-order valence-corrected chi connectivity index (χ4v) is 2.55. The molecule has 1 aromatic carbocycles. The monoisotopic (exact) mass is 206 g/mol. The summed E-state index contributed by atoms with van der Waals surface area (Å²) in [6.45, 7) is 2.06. The lowest BCUT2D eigenvalue weighted by Gasteiger charge is -2.29. The summed E-state index contributed by atoms with van der Waals surface area (Å²) < 4.78 is 14.4. The summed E-state index contributed by atoms with van der Waals surface area (Å²) in [6.07, 6.45) is 5.43. The smallest absolute Gasteiger partial charge is 0.115 e. The first-order valence-corrected chi connectivity index (χ1v) is 5.92. The Morgan fingerprint density at radius 3 is 2.60 bits per heavy atom. The van der Waals surface area contributed by atoms with Crippen molar-refractivity contribution in [1.29, 1.82) is 0 Å². The highest BCUT2D eigenvalue weighted by Gasteiger charge is 2.31. The first-order valence-electron chi connectivity index (χ1n) is 5.92. The Bertz CT molecular complexity index is 324. The standard InChI is InChI=1S/C14H19F/c1-12-6-5-7-13(10-12)11-14(15)8-3-2-4-9-14/h5-7,10H,2-4,8-9,11H2,1H3. The molecule has 1 aliphatic carbocycles. The quantitative estimate of drug-likeness (QED) is 0.680. The van der Waals surface area contributed by atoms with Crippen LogP contribution in [0.15, 0.2) is 24.3 Å². The highest BCUT2D eigenvalue weighted by molar-refractivity contribution is 5.23. The van der Waals surface area contributed by atoms with E-state index < -0.39 is 5.67 Å². The van der Waals surface area contributed by atoms with Crippen LogP contribution in [-0.2, 0) is 6.42 Å². The van der Waals surface area contributed by atoms with Gasteiger partial charge in [0.05, 0.1) is 0 Å². The van der Waals surface area contributed by atoms with Crippen molar-refractivity contribution in [2.45, 2.75) is 51.1 Å². The van der Waals surface area contributed by atoms with Gasteiger partial charge in [0.2, 0.25) is 0 Å². The minimum Gasteiger partial charge on any atom is -0.244 e. The Labute approximate surface area is 91.5 Å². The van der Waals surface area contributed by atoms with Crippen LogP contribution in [-0.4, -0.2) is 5.67 Å². The summed E-state index contributed by atoms with van der Waals surface area (Å²) in [6, 6.07) is 8.24. The summed E-state index contributed by atoms with van der Waals surface area (Å²) >= 11 is 0. The summed E-state index contributed by atoms with van der Waals surface area (Å²) in [4.78, 5) is 0. The molecule has 0 aliphatic heterocycles. The number of hydrogen-bond acceptors (Lipinski definition) is 0. The van der Waals surface area contributed by atoms with Gasteiger partial charge in [-0.3, -0.25) is 0 Å². The van der Waals surface area contributed by atoms with Crippen LogP contribution < -0.4 is 0 Å². The average Bonchev–Trinajstić information content (AvgIpc) is 2.18. The average molecular weight is 206 g/mol. The second-order valence-corrected chi connectivity index (χ2v) is 4.88. The van der Waals surface area contributed by atoms with E-state index in [2.05, 4.69) is 19.1 Å². The highest BCUT2D eigenvalue weighted by atomic mass is 19.1. The minimum absolute atomic E-state index is 0.606. The number of aryl methyl sites for hydroxylation is 1. The Balaban J connectivity index is 2.06. The molecule has 1 aliphatic rings. The molecule has 1 fully saturated rings. The fourth-order valence-electron chi connectivity index (χ4n) is 2.55. The van der Waals surface area contributed by atoms with Crippen molar-refractivity contribution in [2.75, 3.05) is 0 Å². The molecular formula is C14H19F. The first kappa shape index (κ1) is 10.7. The number of halogens is 1. The van der Waals surface area contributed by atoms with Crippen LogP contribution in [0.1, 0.15) is 43.2 Å². The fraction of sp³-hybridized carbons (Fsp3) is 0.571. The van der Waals surface area contributed by atoms with E-state index in [0.29, 0.717) is 6.42 Å². The van der Waals surface area contributed by atoms with E-state index in [1.807, 2.05) is 12.1 Å². The molecule has 2 rings (SSSR count). The van der Waals surface area contributed by atoms with Crippen molar-refractivity contribution >= 4 is 0 Å². The first-order chi connectivity index (χ1) is 7.18. The lowest BCUT2D eigenvalue weighted by Crippen LogP contribution is -2.28. The second kappa shape index (κ2) is 4.34. The Kier molecular flexibility index (Phi) is 3.08. The molecule has 1 heteroatoms. The molecule has 1 aromatic rings.